The molecule has 6 nitrogen and oxygen atoms in total. The first kappa shape index (κ1) is 16.3. The van der Waals surface area contributed by atoms with Crippen LogP contribution in [0.5, 0.6) is 0 Å². The van der Waals surface area contributed by atoms with Gasteiger partial charge in [0.25, 0.3) is 5.91 Å². The number of aromatic nitrogens is 2. The van der Waals surface area contributed by atoms with Crippen LogP contribution < -0.4 is 5.32 Å². The van der Waals surface area contributed by atoms with Crippen LogP contribution in [0, 0.1) is 5.92 Å². The van der Waals surface area contributed by atoms with Crippen LogP contribution in [-0.4, -0.2) is 59.2 Å². The van der Waals surface area contributed by atoms with Crippen molar-refractivity contribution in [1.29, 1.82) is 0 Å². The summed E-state index contributed by atoms with van der Waals surface area (Å²) < 4.78 is 5.47. The molecule has 2 aliphatic heterocycles. The van der Waals surface area contributed by atoms with Gasteiger partial charge in [-0.1, -0.05) is 13.3 Å². The van der Waals surface area contributed by atoms with Crippen LogP contribution >= 0.6 is 0 Å². The lowest BCUT2D eigenvalue weighted by molar-refractivity contribution is 0.0109. The fraction of sp³-hybridized carbons (Fsp3) is 0.706. The Morgan fingerprint density at radius 2 is 2.17 bits per heavy atom. The Morgan fingerprint density at radius 1 is 1.35 bits per heavy atom. The summed E-state index contributed by atoms with van der Waals surface area (Å²) in [6.45, 7) is 6.08. The van der Waals surface area contributed by atoms with Gasteiger partial charge in [-0.25, -0.2) is 4.98 Å². The van der Waals surface area contributed by atoms with E-state index in [2.05, 4.69) is 27.1 Å². The van der Waals surface area contributed by atoms with E-state index in [1.54, 1.807) is 12.4 Å². The maximum atomic E-state index is 12.3. The van der Waals surface area contributed by atoms with Crippen LogP contribution in [0.1, 0.15) is 43.1 Å². The molecule has 2 aliphatic rings. The van der Waals surface area contributed by atoms with E-state index in [0.717, 1.165) is 52.0 Å². The summed E-state index contributed by atoms with van der Waals surface area (Å²) in [4.78, 5) is 23.0. The second-order valence-electron chi connectivity index (χ2n) is 6.47. The number of hydrogen-bond donors (Lipinski definition) is 1. The molecule has 0 radical (unpaired) electrons. The lowest BCUT2D eigenvalue weighted by atomic mass is 9.88. The van der Waals surface area contributed by atoms with Gasteiger partial charge in [0.1, 0.15) is 5.69 Å². The minimum absolute atomic E-state index is 0.110. The van der Waals surface area contributed by atoms with E-state index in [-0.39, 0.29) is 11.9 Å². The van der Waals surface area contributed by atoms with E-state index in [1.165, 1.54) is 6.20 Å². The van der Waals surface area contributed by atoms with Crippen LogP contribution in [0.15, 0.2) is 18.6 Å². The number of ether oxygens (including phenoxy) is 1. The van der Waals surface area contributed by atoms with Crippen LogP contribution in [0.3, 0.4) is 0 Å². The number of carbonyl (C=O) groups excluding carboxylic acids is 1. The Bertz CT molecular complexity index is 505. The Balaban J connectivity index is 1.57. The fourth-order valence-electron chi connectivity index (χ4n) is 3.70. The van der Waals surface area contributed by atoms with E-state index < -0.39 is 0 Å². The molecular weight excluding hydrogens is 292 g/mol. The summed E-state index contributed by atoms with van der Waals surface area (Å²) in [5.74, 6) is 0.383. The molecule has 2 saturated heterocycles. The lowest BCUT2D eigenvalue weighted by Gasteiger charge is -2.43. The minimum atomic E-state index is -0.110. The van der Waals surface area contributed by atoms with Gasteiger partial charge >= 0.3 is 0 Å². The molecule has 0 aromatic carbocycles. The number of nitrogens with zero attached hydrogens (tertiary/aromatic N) is 3. The van der Waals surface area contributed by atoms with Crippen LogP contribution in [0.25, 0.3) is 0 Å². The highest BCUT2D eigenvalue weighted by Gasteiger charge is 2.33. The van der Waals surface area contributed by atoms with Crippen molar-refractivity contribution >= 4 is 5.91 Å². The zero-order valence-electron chi connectivity index (χ0n) is 13.8. The maximum Gasteiger partial charge on any atom is 0.271 e. The molecule has 3 heterocycles. The molecule has 126 valence electrons. The van der Waals surface area contributed by atoms with Crippen molar-refractivity contribution in [2.75, 3.05) is 26.3 Å². The number of nitrogens with one attached hydrogen (secondary N) is 1. The van der Waals surface area contributed by atoms with E-state index in [4.69, 9.17) is 4.74 Å². The van der Waals surface area contributed by atoms with Crippen LogP contribution in [0.4, 0.5) is 0 Å². The third-order valence-corrected chi connectivity index (χ3v) is 5.11. The molecule has 0 aliphatic carbocycles. The Labute approximate surface area is 137 Å². The van der Waals surface area contributed by atoms with Gasteiger partial charge in [-0.3, -0.25) is 14.7 Å². The maximum absolute atomic E-state index is 12.3. The largest absolute Gasteiger partial charge is 0.381 e. The standard InChI is InChI=1S/C17H26N4O2/c1-2-13-12-21(14-4-9-23-10-5-14)8-3-15(13)20-17(22)16-11-18-6-7-19-16/h6-7,11,13-15H,2-5,8-10,12H2,1H3,(H,20,22)/t13-,15+/m1/s1. The van der Waals surface area contributed by atoms with E-state index in [0.29, 0.717) is 17.7 Å². The van der Waals surface area contributed by atoms with Crippen LogP contribution in [-0.2, 0) is 4.74 Å². The van der Waals surface area contributed by atoms with Crippen LogP contribution in [0.2, 0.25) is 0 Å². The van der Waals surface area contributed by atoms with E-state index in [1.807, 2.05) is 0 Å². The monoisotopic (exact) mass is 318 g/mol. The minimum Gasteiger partial charge on any atom is -0.381 e. The molecule has 1 aromatic rings. The number of rotatable bonds is 4. The highest BCUT2D eigenvalue weighted by Crippen LogP contribution is 2.25. The Morgan fingerprint density at radius 3 is 2.87 bits per heavy atom. The molecule has 1 amide bonds. The normalized spacial score (nSPS) is 26.8. The van der Waals surface area contributed by atoms with E-state index in [9.17, 15) is 4.79 Å². The average Bonchev–Trinajstić information content (AvgIpc) is 2.63. The van der Waals surface area contributed by atoms with Gasteiger partial charge in [-0.15, -0.1) is 0 Å². The summed E-state index contributed by atoms with van der Waals surface area (Å²) >= 11 is 0. The van der Waals surface area contributed by atoms with Gasteiger partial charge in [0, 0.05) is 50.8 Å². The second-order valence-corrected chi connectivity index (χ2v) is 6.47. The molecular formula is C17H26N4O2. The predicted molar refractivity (Wildman–Crippen MR) is 87.1 cm³/mol. The van der Waals surface area contributed by atoms with Crippen molar-refractivity contribution in [2.24, 2.45) is 5.92 Å². The number of amides is 1. The first-order valence-electron chi connectivity index (χ1n) is 8.66. The molecule has 1 aromatic heterocycles. The predicted octanol–water partition coefficient (Wildman–Crippen LogP) is 1.49. The highest BCUT2D eigenvalue weighted by molar-refractivity contribution is 5.92. The fourth-order valence-corrected chi connectivity index (χ4v) is 3.70. The van der Waals surface area contributed by atoms with Crippen molar-refractivity contribution < 1.29 is 9.53 Å². The molecule has 0 saturated carbocycles. The first-order chi connectivity index (χ1) is 11.3. The van der Waals surface area contributed by atoms with Crippen molar-refractivity contribution in [3.05, 3.63) is 24.3 Å². The molecule has 0 spiro atoms. The molecule has 1 N–H and O–H groups in total. The third-order valence-electron chi connectivity index (χ3n) is 5.11. The molecule has 2 fully saturated rings. The third kappa shape index (κ3) is 4.06. The van der Waals surface area contributed by atoms with Crippen molar-refractivity contribution in [1.82, 2.24) is 20.2 Å². The summed E-state index contributed by atoms with van der Waals surface area (Å²) in [6, 6.07) is 0.875. The quantitative estimate of drug-likeness (QED) is 0.911. The van der Waals surface area contributed by atoms with Gasteiger partial charge < -0.3 is 10.1 Å². The van der Waals surface area contributed by atoms with Crippen molar-refractivity contribution in [3.8, 4) is 0 Å². The number of hydrogen-bond acceptors (Lipinski definition) is 5. The first-order valence-corrected chi connectivity index (χ1v) is 8.66. The summed E-state index contributed by atoms with van der Waals surface area (Å²) in [5, 5.41) is 3.17. The molecule has 3 rings (SSSR count). The topological polar surface area (TPSA) is 67.3 Å². The summed E-state index contributed by atoms with van der Waals surface area (Å²) in [7, 11) is 0. The lowest BCUT2D eigenvalue weighted by Crippen LogP contribution is -2.54. The Kier molecular flexibility index (Phi) is 5.56. The second kappa shape index (κ2) is 7.84. The highest BCUT2D eigenvalue weighted by atomic mass is 16.5. The smallest absolute Gasteiger partial charge is 0.271 e. The van der Waals surface area contributed by atoms with Gasteiger partial charge in [0.15, 0.2) is 0 Å². The molecule has 6 heteroatoms. The number of piperidine rings is 1. The Hall–Kier alpha value is -1.53. The SMILES string of the molecule is CC[C@@H]1CN(C2CCOCC2)CC[C@@H]1NC(=O)c1cnccn1. The van der Waals surface area contributed by atoms with E-state index >= 15 is 0 Å². The number of likely N-dealkylation sites (tertiary alicyclic amines) is 1. The molecule has 0 bridgehead atoms. The van der Waals surface area contributed by atoms with Gasteiger partial charge in [-0.05, 0) is 25.2 Å². The van der Waals surface area contributed by atoms with Crippen molar-refractivity contribution in [2.45, 2.75) is 44.7 Å². The molecule has 2 atom stereocenters. The summed E-state index contributed by atoms with van der Waals surface area (Å²) in [5.41, 5.74) is 0.397. The van der Waals surface area contributed by atoms with Gasteiger partial charge in [0.2, 0.25) is 0 Å². The summed E-state index contributed by atoms with van der Waals surface area (Å²) in [6.07, 6.45) is 9.00. The van der Waals surface area contributed by atoms with Crippen molar-refractivity contribution in [3.63, 3.8) is 0 Å². The van der Waals surface area contributed by atoms with Gasteiger partial charge in [0.05, 0.1) is 6.20 Å². The van der Waals surface area contributed by atoms with Gasteiger partial charge in [-0.2, -0.15) is 0 Å². The molecule has 23 heavy (non-hydrogen) atoms. The zero-order valence-corrected chi connectivity index (χ0v) is 13.8. The zero-order chi connectivity index (χ0) is 16.1. The molecule has 0 unspecified atom stereocenters. The number of carbonyl (C=O) groups is 1. The average molecular weight is 318 g/mol.